The Hall–Kier alpha value is -1.89. The maximum absolute atomic E-state index is 12.0. The SMILES string of the molecule is CS(=O)(=O)N1CC(Cn2ccnn2)Cc2ccccc21. The molecule has 1 aromatic heterocycles. The predicted octanol–water partition coefficient (Wildman–Crippen LogP) is 0.917. The maximum atomic E-state index is 12.0. The van der Waals surface area contributed by atoms with E-state index in [0.29, 0.717) is 13.1 Å². The topological polar surface area (TPSA) is 68.1 Å². The van der Waals surface area contributed by atoms with E-state index >= 15 is 0 Å². The number of aromatic nitrogens is 3. The van der Waals surface area contributed by atoms with E-state index in [-0.39, 0.29) is 5.92 Å². The van der Waals surface area contributed by atoms with Crippen LogP contribution in [0.25, 0.3) is 0 Å². The van der Waals surface area contributed by atoms with Gasteiger partial charge >= 0.3 is 0 Å². The van der Waals surface area contributed by atoms with Crippen LogP contribution in [0.4, 0.5) is 5.69 Å². The smallest absolute Gasteiger partial charge is 0.232 e. The van der Waals surface area contributed by atoms with Gasteiger partial charge in [0, 0.05) is 25.2 Å². The first kappa shape index (κ1) is 13.1. The first-order valence-corrected chi connectivity index (χ1v) is 8.28. The van der Waals surface area contributed by atoms with Gasteiger partial charge in [-0.2, -0.15) is 0 Å². The molecule has 0 aliphatic carbocycles. The van der Waals surface area contributed by atoms with Crippen LogP contribution < -0.4 is 4.31 Å². The third-order valence-corrected chi connectivity index (χ3v) is 4.66. The molecule has 0 N–H and O–H groups in total. The van der Waals surface area contributed by atoms with Gasteiger partial charge in [0.05, 0.1) is 18.1 Å². The molecule has 1 aromatic carbocycles. The van der Waals surface area contributed by atoms with Gasteiger partial charge < -0.3 is 0 Å². The standard InChI is InChI=1S/C13H16N4O2S/c1-20(18,19)17-10-11(9-16-7-6-14-15-16)8-12-4-2-3-5-13(12)17/h2-7,11H,8-10H2,1H3. The molecule has 1 aliphatic heterocycles. The van der Waals surface area contributed by atoms with Gasteiger partial charge in [-0.25, -0.2) is 8.42 Å². The molecule has 0 fully saturated rings. The summed E-state index contributed by atoms with van der Waals surface area (Å²) in [6.07, 6.45) is 5.53. The van der Waals surface area contributed by atoms with Crippen LogP contribution in [0.1, 0.15) is 5.56 Å². The zero-order valence-electron chi connectivity index (χ0n) is 11.2. The molecule has 1 atom stereocenters. The minimum Gasteiger partial charge on any atom is -0.270 e. The van der Waals surface area contributed by atoms with Crippen LogP contribution in [0.3, 0.4) is 0 Å². The molecular weight excluding hydrogens is 276 g/mol. The number of anilines is 1. The molecule has 2 aromatic rings. The second-order valence-electron chi connectivity index (χ2n) is 5.12. The summed E-state index contributed by atoms with van der Waals surface area (Å²) in [6, 6.07) is 7.66. The lowest BCUT2D eigenvalue weighted by Gasteiger charge is -2.34. The zero-order valence-corrected chi connectivity index (χ0v) is 12.0. The van der Waals surface area contributed by atoms with Crippen molar-refractivity contribution in [2.45, 2.75) is 13.0 Å². The van der Waals surface area contributed by atoms with Crippen molar-refractivity contribution in [2.75, 3.05) is 17.1 Å². The molecule has 0 radical (unpaired) electrons. The van der Waals surface area contributed by atoms with Crippen LogP contribution in [-0.2, 0) is 23.0 Å². The Balaban J connectivity index is 1.92. The van der Waals surface area contributed by atoms with Crippen molar-refractivity contribution in [2.24, 2.45) is 5.92 Å². The van der Waals surface area contributed by atoms with E-state index in [4.69, 9.17) is 0 Å². The van der Waals surface area contributed by atoms with Crippen LogP contribution >= 0.6 is 0 Å². The van der Waals surface area contributed by atoms with Gasteiger partial charge in [0.25, 0.3) is 0 Å². The minimum absolute atomic E-state index is 0.196. The maximum Gasteiger partial charge on any atom is 0.232 e. The van der Waals surface area contributed by atoms with E-state index < -0.39 is 10.0 Å². The highest BCUT2D eigenvalue weighted by Crippen LogP contribution is 2.31. The van der Waals surface area contributed by atoms with E-state index in [1.54, 1.807) is 17.1 Å². The van der Waals surface area contributed by atoms with E-state index in [1.807, 2.05) is 24.3 Å². The summed E-state index contributed by atoms with van der Waals surface area (Å²) in [5, 5.41) is 7.73. The average Bonchev–Trinajstić information content (AvgIpc) is 2.89. The van der Waals surface area contributed by atoms with Gasteiger partial charge in [0.2, 0.25) is 10.0 Å². The third-order valence-electron chi connectivity index (χ3n) is 3.51. The summed E-state index contributed by atoms with van der Waals surface area (Å²) in [5.74, 6) is 0.196. The normalized spacial score (nSPS) is 18.9. The Kier molecular flexibility index (Phi) is 3.21. The molecule has 1 unspecified atom stereocenters. The zero-order chi connectivity index (χ0) is 14.2. The van der Waals surface area contributed by atoms with Crippen molar-refractivity contribution in [3.8, 4) is 0 Å². The Morgan fingerprint density at radius 2 is 2.15 bits per heavy atom. The number of hydrogen-bond donors (Lipinski definition) is 0. The number of hydrogen-bond acceptors (Lipinski definition) is 4. The lowest BCUT2D eigenvalue weighted by molar-refractivity contribution is 0.407. The van der Waals surface area contributed by atoms with Crippen LogP contribution in [0, 0.1) is 5.92 Å². The van der Waals surface area contributed by atoms with Gasteiger partial charge in [0.1, 0.15) is 0 Å². The lowest BCUT2D eigenvalue weighted by atomic mass is 9.94. The van der Waals surface area contributed by atoms with Crippen molar-refractivity contribution >= 4 is 15.7 Å². The molecule has 3 rings (SSSR count). The highest BCUT2D eigenvalue weighted by atomic mass is 32.2. The largest absolute Gasteiger partial charge is 0.270 e. The van der Waals surface area contributed by atoms with Gasteiger partial charge in [-0.1, -0.05) is 23.4 Å². The number of para-hydroxylation sites is 1. The number of fused-ring (bicyclic) bond motifs is 1. The van der Waals surface area contributed by atoms with Crippen molar-refractivity contribution in [1.29, 1.82) is 0 Å². The van der Waals surface area contributed by atoms with Gasteiger partial charge in [-0.15, -0.1) is 5.10 Å². The summed E-state index contributed by atoms with van der Waals surface area (Å²) in [5.41, 5.74) is 1.86. The first-order chi connectivity index (χ1) is 9.54. The van der Waals surface area contributed by atoms with E-state index in [0.717, 1.165) is 17.7 Å². The number of nitrogens with zero attached hydrogens (tertiary/aromatic N) is 4. The van der Waals surface area contributed by atoms with E-state index in [9.17, 15) is 8.42 Å². The number of rotatable bonds is 3. The molecule has 0 amide bonds. The minimum atomic E-state index is -3.26. The number of sulfonamides is 1. The lowest BCUT2D eigenvalue weighted by Crippen LogP contribution is -2.40. The fraction of sp³-hybridized carbons (Fsp3) is 0.385. The quantitative estimate of drug-likeness (QED) is 0.843. The summed E-state index contributed by atoms with van der Waals surface area (Å²) in [6.45, 7) is 1.15. The molecular formula is C13H16N4O2S. The van der Waals surface area contributed by atoms with Gasteiger partial charge in [0.15, 0.2) is 0 Å². The highest BCUT2D eigenvalue weighted by molar-refractivity contribution is 7.92. The molecule has 0 saturated heterocycles. The fourth-order valence-corrected chi connectivity index (χ4v) is 3.68. The van der Waals surface area contributed by atoms with E-state index in [2.05, 4.69) is 10.3 Å². The van der Waals surface area contributed by atoms with Crippen molar-refractivity contribution in [1.82, 2.24) is 15.0 Å². The third kappa shape index (κ3) is 2.53. The molecule has 1 aliphatic rings. The van der Waals surface area contributed by atoms with Crippen molar-refractivity contribution < 1.29 is 8.42 Å². The molecule has 0 spiro atoms. The molecule has 2 heterocycles. The second kappa shape index (κ2) is 4.90. The molecule has 0 bridgehead atoms. The van der Waals surface area contributed by atoms with Gasteiger partial charge in [-0.05, 0) is 18.1 Å². The number of benzene rings is 1. The predicted molar refractivity (Wildman–Crippen MR) is 75.8 cm³/mol. The molecule has 6 nitrogen and oxygen atoms in total. The van der Waals surface area contributed by atoms with Crippen molar-refractivity contribution in [3.05, 3.63) is 42.2 Å². The monoisotopic (exact) mass is 292 g/mol. The molecule has 106 valence electrons. The summed E-state index contributed by atoms with van der Waals surface area (Å²) < 4.78 is 27.2. The fourth-order valence-electron chi connectivity index (χ4n) is 2.67. The average molecular weight is 292 g/mol. The van der Waals surface area contributed by atoms with Crippen LogP contribution in [0.2, 0.25) is 0 Å². The Morgan fingerprint density at radius 3 is 2.85 bits per heavy atom. The Morgan fingerprint density at radius 1 is 1.35 bits per heavy atom. The molecule has 0 saturated carbocycles. The molecule has 20 heavy (non-hydrogen) atoms. The Bertz CT molecular complexity index is 697. The van der Waals surface area contributed by atoms with Crippen LogP contribution in [0.15, 0.2) is 36.7 Å². The molecule has 7 heteroatoms. The van der Waals surface area contributed by atoms with Crippen molar-refractivity contribution in [3.63, 3.8) is 0 Å². The summed E-state index contributed by atoms with van der Waals surface area (Å²) >= 11 is 0. The highest BCUT2D eigenvalue weighted by Gasteiger charge is 2.29. The van der Waals surface area contributed by atoms with Gasteiger partial charge in [-0.3, -0.25) is 8.99 Å². The summed E-state index contributed by atoms with van der Waals surface area (Å²) in [4.78, 5) is 0. The van der Waals surface area contributed by atoms with Crippen LogP contribution in [0.5, 0.6) is 0 Å². The van der Waals surface area contributed by atoms with Crippen LogP contribution in [-0.4, -0.2) is 36.2 Å². The second-order valence-corrected chi connectivity index (χ2v) is 7.02. The Labute approximate surface area is 118 Å². The first-order valence-electron chi connectivity index (χ1n) is 6.44. The van der Waals surface area contributed by atoms with E-state index in [1.165, 1.54) is 10.6 Å². The summed E-state index contributed by atoms with van der Waals surface area (Å²) in [7, 11) is -3.26.